The van der Waals surface area contributed by atoms with Gasteiger partial charge in [0.15, 0.2) is 11.5 Å². The van der Waals surface area contributed by atoms with Gasteiger partial charge >= 0.3 is 0 Å². The quantitative estimate of drug-likeness (QED) is 0.890. The van der Waals surface area contributed by atoms with E-state index in [1.807, 2.05) is 18.2 Å². The Morgan fingerprint density at radius 3 is 3.06 bits per heavy atom. The van der Waals surface area contributed by atoms with Crippen LogP contribution in [0.25, 0.3) is 11.1 Å². The summed E-state index contributed by atoms with van der Waals surface area (Å²) in [6, 6.07) is 5.65. The summed E-state index contributed by atoms with van der Waals surface area (Å²) < 4.78 is 5.82. The van der Waals surface area contributed by atoms with Gasteiger partial charge in [0.1, 0.15) is 5.52 Å². The van der Waals surface area contributed by atoms with E-state index in [1.165, 1.54) is 12.8 Å². The second-order valence-electron chi connectivity index (χ2n) is 4.67. The summed E-state index contributed by atoms with van der Waals surface area (Å²) in [5.74, 6) is 1.67. The molecule has 1 fully saturated rings. The minimum atomic E-state index is 0.364. The van der Waals surface area contributed by atoms with E-state index in [4.69, 9.17) is 21.8 Å². The van der Waals surface area contributed by atoms with Gasteiger partial charge in [-0.3, -0.25) is 0 Å². The first-order chi connectivity index (χ1) is 8.29. The monoisotopic (exact) mass is 250 g/mol. The maximum absolute atomic E-state index is 6.09. The van der Waals surface area contributed by atoms with E-state index in [0.29, 0.717) is 29.0 Å². The van der Waals surface area contributed by atoms with E-state index in [9.17, 15) is 0 Å². The van der Waals surface area contributed by atoms with Crippen LogP contribution in [0, 0.1) is 5.92 Å². The molecule has 0 aliphatic heterocycles. The van der Waals surface area contributed by atoms with Crippen molar-refractivity contribution >= 4 is 22.7 Å². The molecular formula is C13H15ClN2O. The molecule has 1 saturated carbocycles. The summed E-state index contributed by atoms with van der Waals surface area (Å²) in [6.45, 7) is 0.705. The van der Waals surface area contributed by atoms with E-state index < -0.39 is 0 Å². The van der Waals surface area contributed by atoms with E-state index in [-0.39, 0.29) is 0 Å². The van der Waals surface area contributed by atoms with Crippen LogP contribution in [0.5, 0.6) is 0 Å². The van der Waals surface area contributed by atoms with Gasteiger partial charge in [0.05, 0.1) is 5.02 Å². The largest absolute Gasteiger partial charge is 0.439 e. The summed E-state index contributed by atoms with van der Waals surface area (Å²) in [6.07, 6.45) is 3.50. The van der Waals surface area contributed by atoms with E-state index in [1.54, 1.807) is 0 Å². The molecule has 4 heteroatoms. The van der Waals surface area contributed by atoms with Crippen LogP contribution in [0.2, 0.25) is 5.02 Å². The van der Waals surface area contributed by atoms with Crippen molar-refractivity contribution in [1.82, 2.24) is 4.98 Å². The molecular weight excluding hydrogens is 236 g/mol. The fraction of sp³-hybridized carbons (Fsp3) is 0.462. The Balaban J connectivity index is 2.03. The summed E-state index contributed by atoms with van der Waals surface area (Å²) in [5.41, 5.74) is 7.33. The van der Waals surface area contributed by atoms with Crippen molar-refractivity contribution in [3.63, 3.8) is 0 Å². The fourth-order valence-corrected chi connectivity index (χ4v) is 2.94. The van der Waals surface area contributed by atoms with Crippen LogP contribution in [-0.2, 0) is 0 Å². The molecule has 0 radical (unpaired) electrons. The second kappa shape index (κ2) is 4.31. The van der Waals surface area contributed by atoms with Gasteiger partial charge in [-0.2, -0.15) is 0 Å². The van der Waals surface area contributed by atoms with Crippen molar-refractivity contribution in [1.29, 1.82) is 0 Å². The molecule has 17 heavy (non-hydrogen) atoms. The van der Waals surface area contributed by atoms with Crippen LogP contribution in [0.4, 0.5) is 0 Å². The van der Waals surface area contributed by atoms with Gasteiger partial charge in [-0.1, -0.05) is 24.1 Å². The Morgan fingerprint density at radius 1 is 1.41 bits per heavy atom. The van der Waals surface area contributed by atoms with Crippen molar-refractivity contribution in [3.05, 3.63) is 29.1 Å². The van der Waals surface area contributed by atoms with Gasteiger partial charge in [-0.15, -0.1) is 0 Å². The molecule has 0 saturated heterocycles. The molecule has 3 rings (SSSR count). The highest BCUT2D eigenvalue weighted by Crippen LogP contribution is 2.40. The Kier molecular flexibility index (Phi) is 2.81. The Labute approximate surface area is 105 Å². The third-order valence-electron chi connectivity index (χ3n) is 3.66. The van der Waals surface area contributed by atoms with Gasteiger partial charge in [0.25, 0.3) is 0 Å². The maximum Gasteiger partial charge on any atom is 0.199 e. The summed E-state index contributed by atoms with van der Waals surface area (Å²) in [4.78, 5) is 4.55. The van der Waals surface area contributed by atoms with Crippen molar-refractivity contribution < 1.29 is 4.42 Å². The lowest BCUT2D eigenvalue weighted by Gasteiger charge is -2.13. The van der Waals surface area contributed by atoms with Gasteiger partial charge < -0.3 is 10.2 Å². The summed E-state index contributed by atoms with van der Waals surface area (Å²) >= 11 is 6.09. The first-order valence-corrected chi connectivity index (χ1v) is 6.42. The number of oxazole rings is 1. The second-order valence-corrected chi connectivity index (χ2v) is 5.08. The minimum Gasteiger partial charge on any atom is -0.439 e. The standard InChI is InChI=1S/C13H15ClN2O/c14-10-5-2-6-11-12(10)17-13(16-11)9-4-1-3-8(9)7-15/h2,5-6,8-9H,1,3-4,7,15H2. The number of benzene rings is 1. The first kappa shape index (κ1) is 11.1. The molecule has 1 heterocycles. The molecule has 2 aromatic rings. The highest BCUT2D eigenvalue weighted by Gasteiger charge is 2.31. The molecule has 2 atom stereocenters. The molecule has 1 aliphatic carbocycles. The molecule has 3 nitrogen and oxygen atoms in total. The molecule has 90 valence electrons. The van der Waals surface area contributed by atoms with Gasteiger partial charge in [-0.25, -0.2) is 4.98 Å². The van der Waals surface area contributed by atoms with Crippen LogP contribution < -0.4 is 5.73 Å². The number of para-hydroxylation sites is 1. The predicted molar refractivity (Wildman–Crippen MR) is 68.2 cm³/mol. The number of nitrogens with zero attached hydrogens (tertiary/aromatic N) is 1. The zero-order valence-corrected chi connectivity index (χ0v) is 10.3. The van der Waals surface area contributed by atoms with E-state index in [2.05, 4.69) is 4.98 Å². The molecule has 1 aliphatic rings. The number of hydrogen-bond acceptors (Lipinski definition) is 3. The Bertz CT molecular complexity index is 537. The SMILES string of the molecule is NCC1CCCC1c1nc2cccc(Cl)c2o1. The topological polar surface area (TPSA) is 52.0 Å². The van der Waals surface area contributed by atoms with E-state index >= 15 is 0 Å². The smallest absolute Gasteiger partial charge is 0.199 e. The van der Waals surface area contributed by atoms with Gasteiger partial charge in [0.2, 0.25) is 0 Å². The number of halogens is 1. The van der Waals surface area contributed by atoms with Crippen molar-refractivity contribution in [2.75, 3.05) is 6.54 Å². The molecule has 0 amide bonds. The predicted octanol–water partition coefficient (Wildman–Crippen LogP) is 3.32. The highest BCUT2D eigenvalue weighted by molar-refractivity contribution is 6.34. The Hall–Kier alpha value is -1.06. The molecule has 2 N–H and O–H groups in total. The lowest BCUT2D eigenvalue weighted by molar-refractivity contribution is 0.401. The molecule has 1 aromatic heterocycles. The van der Waals surface area contributed by atoms with Crippen molar-refractivity contribution in [3.8, 4) is 0 Å². The van der Waals surface area contributed by atoms with Crippen LogP contribution in [0.15, 0.2) is 22.6 Å². The van der Waals surface area contributed by atoms with Gasteiger partial charge in [-0.05, 0) is 37.4 Å². The van der Waals surface area contributed by atoms with Crippen LogP contribution in [0.3, 0.4) is 0 Å². The molecule has 0 bridgehead atoms. The number of aromatic nitrogens is 1. The number of rotatable bonds is 2. The molecule has 1 aromatic carbocycles. The third kappa shape index (κ3) is 1.83. The Morgan fingerprint density at radius 2 is 2.29 bits per heavy atom. The van der Waals surface area contributed by atoms with Crippen molar-refractivity contribution in [2.45, 2.75) is 25.2 Å². The van der Waals surface area contributed by atoms with Crippen molar-refractivity contribution in [2.24, 2.45) is 11.7 Å². The minimum absolute atomic E-state index is 0.364. The van der Waals surface area contributed by atoms with Crippen LogP contribution in [-0.4, -0.2) is 11.5 Å². The average Bonchev–Trinajstić information content (AvgIpc) is 2.94. The molecule has 2 unspecified atom stereocenters. The van der Waals surface area contributed by atoms with E-state index in [0.717, 1.165) is 17.8 Å². The first-order valence-electron chi connectivity index (χ1n) is 6.04. The highest BCUT2D eigenvalue weighted by atomic mass is 35.5. The third-order valence-corrected chi connectivity index (χ3v) is 3.96. The fourth-order valence-electron chi connectivity index (χ4n) is 2.74. The zero-order chi connectivity index (χ0) is 11.8. The summed E-state index contributed by atoms with van der Waals surface area (Å²) in [7, 11) is 0. The van der Waals surface area contributed by atoms with Crippen LogP contribution >= 0.6 is 11.6 Å². The zero-order valence-electron chi connectivity index (χ0n) is 9.53. The number of fused-ring (bicyclic) bond motifs is 1. The summed E-state index contributed by atoms with van der Waals surface area (Å²) in [5, 5.41) is 0.628. The normalized spacial score (nSPS) is 24.6. The van der Waals surface area contributed by atoms with Crippen LogP contribution in [0.1, 0.15) is 31.1 Å². The number of nitrogens with two attached hydrogens (primary N) is 1. The van der Waals surface area contributed by atoms with Gasteiger partial charge in [0, 0.05) is 5.92 Å². The maximum atomic E-state index is 6.09. The molecule has 0 spiro atoms. The lowest BCUT2D eigenvalue weighted by atomic mass is 9.96. The lowest BCUT2D eigenvalue weighted by Crippen LogP contribution is -2.17. The number of hydrogen-bond donors (Lipinski definition) is 1. The average molecular weight is 251 g/mol.